The van der Waals surface area contributed by atoms with Crippen LogP contribution < -0.4 is 0 Å². The minimum absolute atomic E-state index is 0.221. The molecule has 2 fully saturated rings. The SMILES string of the molecule is CCc1nc([C@@H]2CCCN2CCC(=O)N2CCCCC2)no1. The molecule has 6 nitrogen and oxygen atoms in total. The second kappa shape index (κ2) is 7.22. The zero-order valence-electron chi connectivity index (χ0n) is 13.5. The molecule has 2 aliphatic rings. The van der Waals surface area contributed by atoms with Gasteiger partial charge in [0.25, 0.3) is 0 Å². The molecule has 1 amide bonds. The van der Waals surface area contributed by atoms with E-state index in [0.717, 1.165) is 64.1 Å². The minimum atomic E-state index is 0.221. The maximum absolute atomic E-state index is 12.3. The van der Waals surface area contributed by atoms with Crippen LogP contribution in [0.3, 0.4) is 0 Å². The Kier molecular flexibility index (Phi) is 5.08. The average Bonchev–Trinajstić information content (AvgIpc) is 3.21. The molecule has 2 aliphatic heterocycles. The van der Waals surface area contributed by atoms with Crippen molar-refractivity contribution in [1.29, 1.82) is 0 Å². The number of carbonyl (C=O) groups is 1. The maximum atomic E-state index is 12.3. The molecule has 3 rings (SSSR count). The van der Waals surface area contributed by atoms with Gasteiger partial charge in [-0.1, -0.05) is 12.1 Å². The monoisotopic (exact) mass is 306 g/mol. The van der Waals surface area contributed by atoms with Gasteiger partial charge in [-0.05, 0) is 38.6 Å². The van der Waals surface area contributed by atoms with Crippen LogP contribution in [0.15, 0.2) is 4.52 Å². The third-order valence-corrected chi connectivity index (χ3v) is 4.77. The molecule has 0 bridgehead atoms. The summed E-state index contributed by atoms with van der Waals surface area (Å²) in [5, 5.41) is 4.11. The third kappa shape index (κ3) is 3.48. The first kappa shape index (κ1) is 15.5. The van der Waals surface area contributed by atoms with Crippen LogP contribution in [0, 0.1) is 0 Å². The number of piperidine rings is 1. The Hall–Kier alpha value is -1.43. The van der Waals surface area contributed by atoms with Gasteiger partial charge in [-0.15, -0.1) is 0 Å². The Bertz CT molecular complexity index is 496. The van der Waals surface area contributed by atoms with E-state index in [1.165, 1.54) is 6.42 Å². The molecule has 0 unspecified atom stereocenters. The zero-order chi connectivity index (χ0) is 15.4. The van der Waals surface area contributed by atoms with Gasteiger partial charge in [0, 0.05) is 32.5 Å². The fourth-order valence-electron chi connectivity index (χ4n) is 3.47. The molecule has 0 aliphatic carbocycles. The smallest absolute Gasteiger partial charge is 0.226 e. The molecule has 0 spiro atoms. The van der Waals surface area contributed by atoms with E-state index in [2.05, 4.69) is 15.0 Å². The molecule has 2 saturated heterocycles. The molecule has 0 aromatic carbocycles. The molecule has 1 aromatic rings. The van der Waals surface area contributed by atoms with Crippen LogP contribution in [0.4, 0.5) is 0 Å². The zero-order valence-corrected chi connectivity index (χ0v) is 13.5. The second-order valence-electron chi connectivity index (χ2n) is 6.29. The maximum Gasteiger partial charge on any atom is 0.226 e. The lowest BCUT2D eigenvalue weighted by Crippen LogP contribution is -2.37. The lowest BCUT2D eigenvalue weighted by molar-refractivity contribution is -0.132. The van der Waals surface area contributed by atoms with Gasteiger partial charge in [-0.3, -0.25) is 9.69 Å². The summed E-state index contributed by atoms with van der Waals surface area (Å²) in [4.78, 5) is 21.1. The summed E-state index contributed by atoms with van der Waals surface area (Å²) >= 11 is 0. The highest BCUT2D eigenvalue weighted by Crippen LogP contribution is 2.30. The van der Waals surface area contributed by atoms with Gasteiger partial charge in [0.05, 0.1) is 6.04 Å². The first-order valence-electron chi connectivity index (χ1n) is 8.62. The molecule has 0 radical (unpaired) electrons. The van der Waals surface area contributed by atoms with Crippen LogP contribution in [-0.2, 0) is 11.2 Å². The van der Waals surface area contributed by atoms with Gasteiger partial charge in [-0.25, -0.2) is 0 Å². The molecule has 1 aromatic heterocycles. The summed E-state index contributed by atoms with van der Waals surface area (Å²) in [7, 11) is 0. The highest BCUT2D eigenvalue weighted by atomic mass is 16.5. The first-order valence-corrected chi connectivity index (χ1v) is 8.62. The quantitative estimate of drug-likeness (QED) is 0.834. The summed E-state index contributed by atoms with van der Waals surface area (Å²) in [6.45, 7) is 5.71. The van der Waals surface area contributed by atoms with Crippen molar-refractivity contribution in [3.8, 4) is 0 Å². The number of likely N-dealkylation sites (tertiary alicyclic amines) is 2. The summed E-state index contributed by atoms with van der Waals surface area (Å²) in [6.07, 6.45) is 7.14. The average molecular weight is 306 g/mol. The second-order valence-corrected chi connectivity index (χ2v) is 6.29. The molecule has 1 atom stereocenters. The molecule has 0 N–H and O–H groups in total. The number of amides is 1. The highest BCUT2D eigenvalue weighted by Gasteiger charge is 2.30. The lowest BCUT2D eigenvalue weighted by Gasteiger charge is -2.28. The number of nitrogens with zero attached hydrogens (tertiary/aromatic N) is 4. The fourth-order valence-corrected chi connectivity index (χ4v) is 3.47. The third-order valence-electron chi connectivity index (χ3n) is 4.77. The van der Waals surface area contributed by atoms with Crippen molar-refractivity contribution >= 4 is 5.91 Å². The predicted molar refractivity (Wildman–Crippen MR) is 82.3 cm³/mol. The van der Waals surface area contributed by atoms with Crippen molar-refractivity contribution in [2.24, 2.45) is 0 Å². The van der Waals surface area contributed by atoms with Gasteiger partial charge in [0.15, 0.2) is 5.82 Å². The van der Waals surface area contributed by atoms with Gasteiger partial charge in [0.1, 0.15) is 0 Å². The predicted octanol–water partition coefficient (Wildman–Crippen LogP) is 2.17. The van der Waals surface area contributed by atoms with E-state index >= 15 is 0 Å². The summed E-state index contributed by atoms with van der Waals surface area (Å²) < 4.78 is 5.23. The molecule has 122 valence electrons. The Morgan fingerprint density at radius 3 is 2.77 bits per heavy atom. The fraction of sp³-hybridized carbons (Fsp3) is 0.812. The largest absolute Gasteiger partial charge is 0.343 e. The van der Waals surface area contributed by atoms with Crippen molar-refractivity contribution in [3.05, 3.63) is 11.7 Å². The number of carbonyl (C=O) groups excluding carboxylic acids is 1. The Morgan fingerprint density at radius 2 is 2.05 bits per heavy atom. The van der Waals surface area contributed by atoms with Crippen molar-refractivity contribution in [1.82, 2.24) is 19.9 Å². The van der Waals surface area contributed by atoms with Crippen LogP contribution >= 0.6 is 0 Å². The summed E-state index contributed by atoms with van der Waals surface area (Å²) in [6, 6.07) is 0.221. The normalized spacial score (nSPS) is 23.1. The van der Waals surface area contributed by atoms with Gasteiger partial charge >= 0.3 is 0 Å². The van der Waals surface area contributed by atoms with Crippen molar-refractivity contribution in [3.63, 3.8) is 0 Å². The van der Waals surface area contributed by atoms with E-state index in [1.807, 2.05) is 11.8 Å². The van der Waals surface area contributed by atoms with Gasteiger partial charge in [-0.2, -0.15) is 4.98 Å². The lowest BCUT2D eigenvalue weighted by atomic mass is 10.1. The van der Waals surface area contributed by atoms with Gasteiger partial charge in [0.2, 0.25) is 11.8 Å². The topological polar surface area (TPSA) is 62.5 Å². The summed E-state index contributed by atoms with van der Waals surface area (Å²) in [5.74, 6) is 1.79. The molecule has 6 heteroatoms. The highest BCUT2D eigenvalue weighted by molar-refractivity contribution is 5.76. The number of aromatic nitrogens is 2. The first-order chi connectivity index (χ1) is 10.8. The molecular formula is C16H26N4O2. The van der Waals surface area contributed by atoms with Crippen LogP contribution in [0.1, 0.15) is 63.2 Å². The Balaban J connectivity index is 1.53. The number of aryl methyl sites for hydroxylation is 1. The van der Waals surface area contributed by atoms with Gasteiger partial charge < -0.3 is 9.42 Å². The standard InChI is InChI=1S/C16H26N4O2/c1-2-14-17-16(18-22-14)13-7-6-11-19(13)12-8-15(21)20-9-4-3-5-10-20/h13H,2-12H2,1H3/t13-/m0/s1. The van der Waals surface area contributed by atoms with E-state index in [1.54, 1.807) is 0 Å². The molecule has 22 heavy (non-hydrogen) atoms. The minimum Gasteiger partial charge on any atom is -0.343 e. The molecular weight excluding hydrogens is 280 g/mol. The van der Waals surface area contributed by atoms with Crippen LogP contribution in [0.5, 0.6) is 0 Å². The van der Waals surface area contributed by atoms with Crippen molar-refractivity contribution < 1.29 is 9.32 Å². The van der Waals surface area contributed by atoms with Crippen molar-refractivity contribution in [2.45, 2.75) is 57.9 Å². The van der Waals surface area contributed by atoms with Crippen LogP contribution in [0.25, 0.3) is 0 Å². The van der Waals surface area contributed by atoms with E-state index in [9.17, 15) is 4.79 Å². The van der Waals surface area contributed by atoms with E-state index in [0.29, 0.717) is 18.2 Å². The molecule has 0 saturated carbocycles. The van der Waals surface area contributed by atoms with E-state index in [-0.39, 0.29) is 6.04 Å². The van der Waals surface area contributed by atoms with Crippen LogP contribution in [-0.4, -0.2) is 52.0 Å². The number of hydrogen-bond donors (Lipinski definition) is 0. The van der Waals surface area contributed by atoms with Crippen molar-refractivity contribution in [2.75, 3.05) is 26.2 Å². The summed E-state index contributed by atoms with van der Waals surface area (Å²) in [5.41, 5.74) is 0. The Morgan fingerprint density at radius 1 is 1.23 bits per heavy atom. The van der Waals surface area contributed by atoms with Crippen LogP contribution in [0.2, 0.25) is 0 Å². The Labute approximate surface area is 131 Å². The van der Waals surface area contributed by atoms with E-state index < -0.39 is 0 Å². The van der Waals surface area contributed by atoms with E-state index in [4.69, 9.17) is 4.52 Å². The number of hydrogen-bond acceptors (Lipinski definition) is 5. The molecule has 3 heterocycles. The number of rotatable bonds is 5.